The number of aromatic nitrogens is 4. The van der Waals surface area contributed by atoms with Crippen LogP contribution in [0.1, 0.15) is 31.9 Å². The van der Waals surface area contributed by atoms with Crippen molar-refractivity contribution in [3.8, 4) is 0 Å². The van der Waals surface area contributed by atoms with Gasteiger partial charge in [-0.3, -0.25) is 4.79 Å². The highest BCUT2D eigenvalue weighted by atomic mass is 16.1. The highest BCUT2D eigenvalue weighted by Crippen LogP contribution is 2.26. The maximum Gasteiger partial charge on any atom is 0.222 e. The van der Waals surface area contributed by atoms with Gasteiger partial charge in [-0.05, 0) is 13.0 Å². The van der Waals surface area contributed by atoms with Crippen LogP contribution in [0, 0.1) is 5.92 Å². The van der Waals surface area contributed by atoms with E-state index < -0.39 is 0 Å². The number of hydrogen-bond donors (Lipinski definition) is 2. The molecule has 1 unspecified atom stereocenters. The molecule has 1 atom stereocenters. The maximum absolute atomic E-state index is 11.6. The van der Waals surface area contributed by atoms with E-state index in [0.717, 1.165) is 36.4 Å². The van der Waals surface area contributed by atoms with Crippen molar-refractivity contribution >= 4 is 17.1 Å². The first-order valence-corrected chi connectivity index (χ1v) is 7.82. The lowest BCUT2D eigenvalue weighted by atomic mass is 10.0. The van der Waals surface area contributed by atoms with Gasteiger partial charge in [-0.25, -0.2) is 14.6 Å². The molecule has 1 amide bonds. The van der Waals surface area contributed by atoms with E-state index in [-0.39, 0.29) is 11.8 Å². The van der Waals surface area contributed by atoms with Crippen LogP contribution < -0.4 is 10.6 Å². The monoisotopic (exact) mass is 302 g/mol. The van der Waals surface area contributed by atoms with E-state index >= 15 is 0 Å². The second-order valence-corrected chi connectivity index (χ2v) is 5.97. The zero-order valence-corrected chi connectivity index (χ0v) is 13.0. The van der Waals surface area contributed by atoms with Crippen LogP contribution in [0.25, 0.3) is 11.2 Å². The second kappa shape index (κ2) is 6.39. The van der Waals surface area contributed by atoms with Crippen LogP contribution in [0.5, 0.6) is 0 Å². The molecule has 0 aliphatic carbocycles. The molecule has 7 nitrogen and oxygen atoms in total. The minimum Gasteiger partial charge on any atom is -0.354 e. The molecule has 3 rings (SSSR count). The standard InChI is InChI=1S/C15H22N6O/c1-10(2)15(22)19-7-8-21-14-13(17-5-6-18-14)12(20-21)11-3-4-16-9-11/h5-6,10-11,16H,3-4,7-9H2,1-2H3,(H,19,22). The first-order chi connectivity index (χ1) is 10.7. The summed E-state index contributed by atoms with van der Waals surface area (Å²) in [4.78, 5) is 20.5. The Morgan fingerprint density at radius 3 is 3.00 bits per heavy atom. The molecule has 2 aromatic heterocycles. The summed E-state index contributed by atoms with van der Waals surface area (Å²) in [5.41, 5.74) is 2.69. The van der Waals surface area contributed by atoms with Gasteiger partial charge in [0.25, 0.3) is 0 Å². The molecular weight excluding hydrogens is 280 g/mol. The Bertz CT molecular complexity index is 659. The van der Waals surface area contributed by atoms with Gasteiger partial charge >= 0.3 is 0 Å². The van der Waals surface area contributed by atoms with Crippen molar-refractivity contribution in [1.82, 2.24) is 30.4 Å². The number of fused-ring (bicyclic) bond motifs is 1. The van der Waals surface area contributed by atoms with E-state index in [0.29, 0.717) is 19.0 Å². The van der Waals surface area contributed by atoms with E-state index in [1.807, 2.05) is 18.5 Å². The second-order valence-electron chi connectivity index (χ2n) is 5.97. The largest absolute Gasteiger partial charge is 0.354 e. The van der Waals surface area contributed by atoms with Crippen molar-refractivity contribution in [3.05, 3.63) is 18.1 Å². The van der Waals surface area contributed by atoms with Crippen molar-refractivity contribution in [2.75, 3.05) is 19.6 Å². The van der Waals surface area contributed by atoms with E-state index in [1.165, 1.54) is 0 Å². The number of amides is 1. The number of carbonyl (C=O) groups excluding carboxylic acids is 1. The molecule has 2 N–H and O–H groups in total. The van der Waals surface area contributed by atoms with Gasteiger partial charge in [0.1, 0.15) is 5.52 Å². The molecule has 1 fully saturated rings. The molecule has 2 aromatic rings. The van der Waals surface area contributed by atoms with E-state index in [2.05, 4.69) is 20.6 Å². The number of nitrogens with zero attached hydrogens (tertiary/aromatic N) is 4. The molecule has 0 saturated carbocycles. The van der Waals surface area contributed by atoms with Gasteiger partial charge < -0.3 is 10.6 Å². The zero-order valence-electron chi connectivity index (χ0n) is 13.0. The molecule has 3 heterocycles. The van der Waals surface area contributed by atoms with Gasteiger partial charge in [0.05, 0.1) is 12.2 Å². The summed E-state index contributed by atoms with van der Waals surface area (Å²) in [7, 11) is 0. The summed E-state index contributed by atoms with van der Waals surface area (Å²) < 4.78 is 1.86. The molecule has 22 heavy (non-hydrogen) atoms. The first kappa shape index (κ1) is 14.9. The highest BCUT2D eigenvalue weighted by Gasteiger charge is 2.24. The lowest BCUT2D eigenvalue weighted by Gasteiger charge is -2.08. The Kier molecular flexibility index (Phi) is 4.33. The van der Waals surface area contributed by atoms with Crippen LogP contribution in [-0.2, 0) is 11.3 Å². The molecule has 1 aliphatic rings. The summed E-state index contributed by atoms with van der Waals surface area (Å²) in [6.07, 6.45) is 4.47. The lowest BCUT2D eigenvalue weighted by molar-refractivity contribution is -0.124. The Morgan fingerprint density at radius 2 is 2.27 bits per heavy atom. The van der Waals surface area contributed by atoms with Crippen molar-refractivity contribution in [1.29, 1.82) is 0 Å². The number of hydrogen-bond acceptors (Lipinski definition) is 5. The van der Waals surface area contributed by atoms with Crippen LogP contribution in [0.4, 0.5) is 0 Å². The summed E-state index contributed by atoms with van der Waals surface area (Å²) in [5.74, 6) is 0.447. The van der Waals surface area contributed by atoms with Crippen LogP contribution in [0.2, 0.25) is 0 Å². The Hall–Kier alpha value is -2.02. The average Bonchev–Trinajstić information content (AvgIpc) is 3.15. The number of nitrogens with one attached hydrogen (secondary N) is 2. The van der Waals surface area contributed by atoms with E-state index in [1.54, 1.807) is 12.4 Å². The third-order valence-corrected chi connectivity index (χ3v) is 3.99. The third kappa shape index (κ3) is 2.94. The Morgan fingerprint density at radius 1 is 1.45 bits per heavy atom. The van der Waals surface area contributed by atoms with Crippen molar-refractivity contribution in [2.45, 2.75) is 32.7 Å². The van der Waals surface area contributed by atoms with Crippen LogP contribution in [-0.4, -0.2) is 45.3 Å². The molecule has 1 saturated heterocycles. The van der Waals surface area contributed by atoms with Crippen LogP contribution >= 0.6 is 0 Å². The zero-order chi connectivity index (χ0) is 15.5. The fraction of sp³-hybridized carbons (Fsp3) is 0.600. The minimum absolute atomic E-state index is 0.00529. The van der Waals surface area contributed by atoms with Crippen molar-refractivity contribution in [2.24, 2.45) is 5.92 Å². The molecule has 1 aliphatic heterocycles. The number of carbonyl (C=O) groups is 1. The van der Waals surface area contributed by atoms with E-state index in [9.17, 15) is 4.79 Å². The summed E-state index contributed by atoms with van der Waals surface area (Å²) in [5, 5.41) is 11.0. The van der Waals surface area contributed by atoms with Gasteiger partial charge in [-0.1, -0.05) is 13.8 Å². The maximum atomic E-state index is 11.6. The topological polar surface area (TPSA) is 84.7 Å². The van der Waals surface area contributed by atoms with Crippen molar-refractivity contribution in [3.63, 3.8) is 0 Å². The normalized spacial score (nSPS) is 18.2. The average molecular weight is 302 g/mol. The minimum atomic E-state index is -0.00529. The molecular formula is C15H22N6O. The van der Waals surface area contributed by atoms with Gasteiger partial charge in [0.15, 0.2) is 5.65 Å². The molecule has 0 bridgehead atoms. The summed E-state index contributed by atoms with van der Waals surface area (Å²) in [6.45, 7) is 6.88. The van der Waals surface area contributed by atoms with Gasteiger partial charge in [-0.15, -0.1) is 0 Å². The van der Waals surface area contributed by atoms with Crippen LogP contribution in [0.15, 0.2) is 12.4 Å². The summed E-state index contributed by atoms with van der Waals surface area (Å²) in [6, 6.07) is 0. The quantitative estimate of drug-likeness (QED) is 0.848. The van der Waals surface area contributed by atoms with E-state index in [4.69, 9.17) is 5.10 Å². The Balaban J connectivity index is 1.79. The molecule has 0 aromatic carbocycles. The van der Waals surface area contributed by atoms with Crippen LogP contribution in [0.3, 0.4) is 0 Å². The fourth-order valence-corrected chi connectivity index (χ4v) is 2.73. The molecule has 0 radical (unpaired) electrons. The van der Waals surface area contributed by atoms with Gasteiger partial charge in [0, 0.05) is 37.3 Å². The number of rotatable bonds is 5. The predicted molar refractivity (Wildman–Crippen MR) is 83.4 cm³/mol. The Labute approximate surface area is 129 Å². The predicted octanol–water partition coefficient (Wildman–Crippen LogP) is 0.675. The van der Waals surface area contributed by atoms with Crippen molar-refractivity contribution < 1.29 is 4.79 Å². The molecule has 118 valence electrons. The van der Waals surface area contributed by atoms with Gasteiger partial charge in [-0.2, -0.15) is 5.10 Å². The highest BCUT2D eigenvalue weighted by molar-refractivity contribution is 5.77. The fourth-order valence-electron chi connectivity index (χ4n) is 2.73. The molecule has 7 heteroatoms. The molecule has 0 spiro atoms. The smallest absolute Gasteiger partial charge is 0.222 e. The SMILES string of the molecule is CC(C)C(=O)NCCn1nc(C2CCNC2)c2nccnc21. The summed E-state index contributed by atoms with van der Waals surface area (Å²) >= 11 is 0. The first-order valence-electron chi connectivity index (χ1n) is 7.82. The lowest BCUT2D eigenvalue weighted by Crippen LogP contribution is -2.30. The third-order valence-electron chi connectivity index (χ3n) is 3.99. The van der Waals surface area contributed by atoms with Gasteiger partial charge in [0.2, 0.25) is 5.91 Å².